The average molecular weight is 585 g/mol. The second kappa shape index (κ2) is 11.2. The molecular formula is C24H24ClF3N6O4S. The van der Waals surface area contributed by atoms with Gasteiger partial charge in [0, 0.05) is 49.3 Å². The first-order valence-corrected chi connectivity index (χ1v) is 13.9. The van der Waals surface area contributed by atoms with E-state index in [-0.39, 0.29) is 53.8 Å². The summed E-state index contributed by atoms with van der Waals surface area (Å²) in [4.78, 5) is 33.5. The molecule has 1 saturated heterocycles. The van der Waals surface area contributed by atoms with E-state index in [0.717, 1.165) is 6.26 Å². The van der Waals surface area contributed by atoms with Crippen molar-refractivity contribution in [3.63, 3.8) is 0 Å². The fourth-order valence-corrected chi connectivity index (χ4v) is 4.88. The molecule has 1 aliphatic heterocycles. The molecule has 4 rings (SSSR count). The molecule has 1 aliphatic rings. The fourth-order valence-electron chi connectivity index (χ4n) is 4.10. The molecule has 3 heterocycles. The van der Waals surface area contributed by atoms with Crippen molar-refractivity contribution < 1.29 is 31.2 Å². The van der Waals surface area contributed by atoms with Crippen LogP contribution in [-0.4, -0.2) is 84.7 Å². The third kappa shape index (κ3) is 7.71. The topological polar surface area (TPSA) is 117 Å². The molecular weight excluding hydrogens is 561 g/mol. The number of aromatic nitrogens is 2. The van der Waals surface area contributed by atoms with Gasteiger partial charge in [-0.05, 0) is 36.4 Å². The Balaban J connectivity index is 1.58. The first-order valence-electron chi connectivity index (χ1n) is 11.6. The first-order chi connectivity index (χ1) is 18.3. The maximum absolute atomic E-state index is 13.4. The highest BCUT2D eigenvalue weighted by atomic mass is 35.5. The summed E-state index contributed by atoms with van der Waals surface area (Å²) in [5.74, 6) is -0.715. The molecule has 0 radical (unpaired) electrons. The van der Waals surface area contributed by atoms with Gasteiger partial charge in [-0.2, -0.15) is 13.2 Å². The number of hydrogen-bond acceptors (Lipinski definition) is 6. The van der Waals surface area contributed by atoms with Crippen LogP contribution in [0.2, 0.25) is 5.02 Å². The smallest absolute Gasteiger partial charge is 0.335 e. The van der Waals surface area contributed by atoms with Crippen LogP contribution < -0.4 is 10.0 Å². The summed E-state index contributed by atoms with van der Waals surface area (Å²) in [6, 6.07) is 10.6. The van der Waals surface area contributed by atoms with E-state index in [9.17, 15) is 31.2 Å². The van der Waals surface area contributed by atoms with Gasteiger partial charge in [0.25, 0.3) is 11.8 Å². The van der Waals surface area contributed by atoms with Crippen molar-refractivity contribution in [2.24, 2.45) is 0 Å². The van der Waals surface area contributed by atoms with Gasteiger partial charge >= 0.3 is 6.18 Å². The second-order valence-electron chi connectivity index (χ2n) is 8.91. The molecule has 2 N–H and O–H groups in total. The van der Waals surface area contributed by atoms with E-state index >= 15 is 0 Å². The number of halogens is 4. The molecule has 10 nitrogen and oxygen atoms in total. The summed E-state index contributed by atoms with van der Waals surface area (Å²) in [5, 5.41) is 2.80. The van der Waals surface area contributed by atoms with E-state index < -0.39 is 34.6 Å². The minimum Gasteiger partial charge on any atom is -0.335 e. The third-order valence-electron chi connectivity index (χ3n) is 5.72. The molecule has 0 unspecified atom stereocenters. The van der Waals surface area contributed by atoms with Gasteiger partial charge in [0.1, 0.15) is 11.5 Å². The lowest BCUT2D eigenvalue weighted by Crippen LogP contribution is -2.51. The Hall–Kier alpha value is -3.62. The number of amides is 2. The number of sulfonamides is 1. The molecule has 0 bridgehead atoms. The van der Waals surface area contributed by atoms with Crippen LogP contribution in [0.3, 0.4) is 0 Å². The summed E-state index contributed by atoms with van der Waals surface area (Å²) in [7, 11) is -3.59. The zero-order chi connectivity index (χ0) is 28.4. The number of anilines is 2. The standard InChI is InChI=1S/C24H24ClF3N6O4S/c1-39(37,38)31-19-12-17(25)11-18(13-19)30-22(35)16-10-20(34(14-16)21-4-2-3-5-29-21)23(36)33-8-6-32(7-9-33)15-24(26,27)28/h2-5,10-14,31H,6-9,15H2,1H3,(H,30,35). The van der Waals surface area contributed by atoms with Gasteiger partial charge in [0.2, 0.25) is 10.0 Å². The van der Waals surface area contributed by atoms with Gasteiger partial charge in [-0.25, -0.2) is 13.4 Å². The molecule has 0 aliphatic carbocycles. The Kier molecular flexibility index (Phi) is 8.18. The van der Waals surface area contributed by atoms with Crippen molar-refractivity contribution in [1.82, 2.24) is 19.4 Å². The number of piperazine rings is 1. The average Bonchev–Trinajstić information content (AvgIpc) is 3.28. The molecule has 2 aromatic heterocycles. The molecule has 15 heteroatoms. The van der Waals surface area contributed by atoms with Crippen molar-refractivity contribution in [3.8, 4) is 5.82 Å². The van der Waals surface area contributed by atoms with Crippen molar-refractivity contribution in [1.29, 1.82) is 0 Å². The summed E-state index contributed by atoms with van der Waals surface area (Å²) in [6.07, 6.45) is -0.416. The lowest BCUT2D eigenvalue weighted by Gasteiger charge is -2.35. The third-order valence-corrected chi connectivity index (χ3v) is 6.54. The van der Waals surface area contributed by atoms with Gasteiger partial charge in [-0.3, -0.25) is 23.8 Å². The number of alkyl halides is 3. The van der Waals surface area contributed by atoms with Crippen LogP contribution in [0.15, 0.2) is 54.9 Å². The van der Waals surface area contributed by atoms with Gasteiger partial charge < -0.3 is 10.2 Å². The number of nitrogens with zero attached hydrogens (tertiary/aromatic N) is 4. The van der Waals surface area contributed by atoms with Crippen LogP contribution in [0.5, 0.6) is 0 Å². The number of benzene rings is 1. The maximum Gasteiger partial charge on any atom is 0.401 e. The lowest BCUT2D eigenvalue weighted by molar-refractivity contribution is -0.148. The first kappa shape index (κ1) is 28.4. The van der Waals surface area contributed by atoms with Crippen molar-refractivity contribution in [2.45, 2.75) is 6.18 Å². The summed E-state index contributed by atoms with van der Waals surface area (Å²) < 4.78 is 65.1. The van der Waals surface area contributed by atoms with Crippen molar-refractivity contribution in [3.05, 3.63) is 71.1 Å². The molecule has 0 spiro atoms. The van der Waals surface area contributed by atoms with E-state index in [4.69, 9.17) is 11.6 Å². The fraction of sp³-hybridized carbons (Fsp3) is 0.292. The van der Waals surface area contributed by atoms with Crippen molar-refractivity contribution >= 4 is 44.8 Å². The van der Waals surface area contributed by atoms with E-state index in [0.29, 0.717) is 5.82 Å². The van der Waals surface area contributed by atoms with E-state index in [2.05, 4.69) is 15.0 Å². The molecule has 39 heavy (non-hydrogen) atoms. The quantitative estimate of drug-likeness (QED) is 0.439. The predicted molar refractivity (Wildman–Crippen MR) is 140 cm³/mol. The highest BCUT2D eigenvalue weighted by Gasteiger charge is 2.33. The van der Waals surface area contributed by atoms with Crippen molar-refractivity contribution in [2.75, 3.05) is 49.0 Å². The molecule has 1 aromatic carbocycles. The molecule has 2 amide bonds. The number of hydrogen-bond donors (Lipinski definition) is 2. The number of rotatable bonds is 7. The Morgan fingerprint density at radius 2 is 1.74 bits per heavy atom. The SMILES string of the molecule is CS(=O)(=O)Nc1cc(Cl)cc(NC(=O)c2cc(C(=O)N3CCN(CC(F)(F)F)CC3)n(-c3ccccn3)c2)c1. The van der Waals surface area contributed by atoms with Crippen LogP contribution >= 0.6 is 11.6 Å². The molecule has 1 fully saturated rings. The predicted octanol–water partition coefficient (Wildman–Crippen LogP) is 3.47. The number of nitrogens with one attached hydrogen (secondary N) is 2. The normalized spacial score (nSPS) is 14.7. The minimum atomic E-state index is -4.33. The van der Waals surface area contributed by atoms with Crippen LogP contribution in [-0.2, 0) is 10.0 Å². The summed E-state index contributed by atoms with van der Waals surface area (Å²) in [5.41, 5.74) is 0.552. The van der Waals surface area contributed by atoms with Gasteiger partial charge in [-0.1, -0.05) is 17.7 Å². The Morgan fingerprint density at radius 1 is 1.05 bits per heavy atom. The molecule has 0 atom stereocenters. The zero-order valence-corrected chi connectivity index (χ0v) is 22.1. The number of carbonyl (C=O) groups excluding carboxylic acids is 2. The summed E-state index contributed by atoms with van der Waals surface area (Å²) in [6.45, 7) is -0.761. The Morgan fingerprint density at radius 3 is 2.36 bits per heavy atom. The van der Waals surface area contributed by atoms with Crippen LogP contribution in [0.1, 0.15) is 20.8 Å². The van der Waals surface area contributed by atoms with Gasteiger partial charge in [0.15, 0.2) is 0 Å². The van der Waals surface area contributed by atoms with Crippen LogP contribution in [0, 0.1) is 0 Å². The lowest BCUT2D eigenvalue weighted by atomic mass is 10.2. The monoisotopic (exact) mass is 584 g/mol. The number of pyridine rings is 1. The van der Waals surface area contributed by atoms with Gasteiger partial charge in [-0.15, -0.1) is 0 Å². The molecule has 208 valence electrons. The zero-order valence-electron chi connectivity index (χ0n) is 20.6. The number of carbonyl (C=O) groups is 2. The second-order valence-corrected chi connectivity index (χ2v) is 11.1. The van der Waals surface area contributed by atoms with Crippen LogP contribution in [0.25, 0.3) is 5.82 Å². The van der Waals surface area contributed by atoms with E-state index in [1.54, 1.807) is 18.2 Å². The Bertz CT molecular complexity index is 1470. The maximum atomic E-state index is 13.4. The Labute approximate surface area is 227 Å². The molecule has 3 aromatic rings. The van der Waals surface area contributed by atoms with Crippen LogP contribution in [0.4, 0.5) is 24.5 Å². The molecule has 0 saturated carbocycles. The van der Waals surface area contributed by atoms with E-state index in [1.807, 2.05) is 0 Å². The van der Waals surface area contributed by atoms with Gasteiger partial charge in [0.05, 0.1) is 24.1 Å². The van der Waals surface area contributed by atoms with E-state index in [1.165, 1.54) is 51.0 Å². The minimum absolute atomic E-state index is 0.0570. The highest BCUT2D eigenvalue weighted by molar-refractivity contribution is 7.92. The summed E-state index contributed by atoms with van der Waals surface area (Å²) >= 11 is 6.08. The largest absolute Gasteiger partial charge is 0.401 e. The highest BCUT2D eigenvalue weighted by Crippen LogP contribution is 2.25.